The minimum atomic E-state index is -0.205. The summed E-state index contributed by atoms with van der Waals surface area (Å²) in [5.74, 6) is -0.205. The van der Waals surface area contributed by atoms with Gasteiger partial charge in [-0.15, -0.1) is 10.2 Å². The van der Waals surface area contributed by atoms with Crippen LogP contribution in [0.1, 0.15) is 11.1 Å². The molecule has 84 valence electrons. The summed E-state index contributed by atoms with van der Waals surface area (Å²) in [4.78, 5) is 0. The summed E-state index contributed by atoms with van der Waals surface area (Å²) in [6.07, 6.45) is 2.37. The fourth-order valence-electron chi connectivity index (χ4n) is 1.57. The molecule has 1 aromatic carbocycles. The topological polar surface area (TPSA) is 30.7 Å². The molecule has 2 aromatic rings. The molecule has 0 saturated carbocycles. The predicted octanol–water partition coefficient (Wildman–Crippen LogP) is 2.62. The van der Waals surface area contributed by atoms with Crippen LogP contribution in [-0.2, 0) is 13.0 Å². The van der Waals surface area contributed by atoms with Crippen molar-refractivity contribution in [3.05, 3.63) is 46.8 Å². The standard InChI is InChI=1S/C11H11ClFN3/c1-8-6-10(13)3-2-9(8)4-5-16-7-14-15-11(16)12/h2-3,6-7H,4-5H2,1H3. The Morgan fingerprint density at radius 1 is 1.44 bits per heavy atom. The monoisotopic (exact) mass is 239 g/mol. The number of benzene rings is 1. The van der Waals surface area contributed by atoms with Gasteiger partial charge in [0.2, 0.25) is 5.28 Å². The van der Waals surface area contributed by atoms with E-state index in [2.05, 4.69) is 10.2 Å². The summed E-state index contributed by atoms with van der Waals surface area (Å²) in [7, 11) is 0. The van der Waals surface area contributed by atoms with E-state index in [0.29, 0.717) is 11.8 Å². The van der Waals surface area contributed by atoms with Gasteiger partial charge < -0.3 is 4.57 Å². The van der Waals surface area contributed by atoms with Crippen LogP contribution >= 0.6 is 11.6 Å². The highest BCUT2D eigenvalue weighted by Gasteiger charge is 2.03. The van der Waals surface area contributed by atoms with E-state index in [-0.39, 0.29) is 5.82 Å². The Labute approximate surface area is 97.9 Å². The summed E-state index contributed by atoms with van der Waals surface area (Å²) in [5, 5.41) is 7.75. The van der Waals surface area contributed by atoms with Crippen LogP contribution in [0.5, 0.6) is 0 Å². The molecule has 0 aliphatic rings. The van der Waals surface area contributed by atoms with Gasteiger partial charge in [-0.2, -0.15) is 0 Å². The van der Waals surface area contributed by atoms with Crippen molar-refractivity contribution in [3.63, 3.8) is 0 Å². The lowest BCUT2D eigenvalue weighted by Crippen LogP contribution is -2.01. The first-order valence-electron chi connectivity index (χ1n) is 4.95. The van der Waals surface area contributed by atoms with E-state index in [0.717, 1.165) is 17.5 Å². The number of aromatic nitrogens is 3. The fraction of sp³-hybridized carbons (Fsp3) is 0.273. The Morgan fingerprint density at radius 2 is 2.25 bits per heavy atom. The first-order chi connectivity index (χ1) is 7.66. The highest BCUT2D eigenvalue weighted by Crippen LogP contribution is 2.12. The van der Waals surface area contributed by atoms with Crippen LogP contribution < -0.4 is 0 Å². The third-order valence-corrected chi connectivity index (χ3v) is 2.79. The van der Waals surface area contributed by atoms with Gasteiger partial charge in [0.05, 0.1) is 0 Å². The molecule has 0 unspecified atom stereocenters. The Hall–Kier alpha value is -1.42. The maximum absolute atomic E-state index is 12.9. The van der Waals surface area contributed by atoms with Crippen molar-refractivity contribution >= 4 is 11.6 Å². The SMILES string of the molecule is Cc1cc(F)ccc1CCn1cnnc1Cl. The second kappa shape index (κ2) is 4.61. The van der Waals surface area contributed by atoms with Gasteiger partial charge in [0, 0.05) is 6.54 Å². The van der Waals surface area contributed by atoms with Gasteiger partial charge in [-0.1, -0.05) is 6.07 Å². The van der Waals surface area contributed by atoms with Crippen LogP contribution in [0.15, 0.2) is 24.5 Å². The van der Waals surface area contributed by atoms with E-state index in [1.165, 1.54) is 12.1 Å². The average Bonchev–Trinajstić information content (AvgIpc) is 2.63. The Morgan fingerprint density at radius 3 is 2.88 bits per heavy atom. The molecule has 0 bridgehead atoms. The first-order valence-corrected chi connectivity index (χ1v) is 5.33. The molecule has 0 saturated heterocycles. The third kappa shape index (κ3) is 2.39. The number of nitrogens with zero attached hydrogens (tertiary/aromatic N) is 3. The van der Waals surface area contributed by atoms with Crippen LogP contribution in [-0.4, -0.2) is 14.8 Å². The summed E-state index contributed by atoms with van der Waals surface area (Å²) in [6.45, 7) is 2.59. The Balaban J connectivity index is 2.08. The highest BCUT2D eigenvalue weighted by molar-refractivity contribution is 6.28. The normalized spacial score (nSPS) is 10.7. The van der Waals surface area contributed by atoms with Crippen molar-refractivity contribution in [3.8, 4) is 0 Å². The molecular formula is C11H11ClFN3. The molecule has 0 spiro atoms. The fourth-order valence-corrected chi connectivity index (χ4v) is 1.74. The van der Waals surface area contributed by atoms with Crippen LogP contribution in [0, 0.1) is 12.7 Å². The molecular weight excluding hydrogens is 229 g/mol. The predicted molar refractivity (Wildman–Crippen MR) is 59.9 cm³/mol. The van der Waals surface area contributed by atoms with Crippen LogP contribution in [0.3, 0.4) is 0 Å². The van der Waals surface area contributed by atoms with Crippen LogP contribution in [0.2, 0.25) is 5.28 Å². The largest absolute Gasteiger partial charge is 0.304 e. The van der Waals surface area contributed by atoms with Gasteiger partial charge in [0.25, 0.3) is 0 Å². The molecule has 0 atom stereocenters. The molecule has 1 aromatic heterocycles. The maximum Gasteiger partial charge on any atom is 0.224 e. The molecule has 5 heteroatoms. The second-order valence-corrected chi connectivity index (χ2v) is 3.95. The molecule has 0 radical (unpaired) electrons. The molecule has 0 aliphatic heterocycles. The van der Waals surface area contributed by atoms with Gasteiger partial charge >= 0.3 is 0 Å². The molecule has 0 amide bonds. The summed E-state index contributed by atoms with van der Waals surface area (Å²) in [5.41, 5.74) is 2.05. The lowest BCUT2D eigenvalue weighted by atomic mass is 10.1. The van der Waals surface area contributed by atoms with Crippen molar-refractivity contribution < 1.29 is 4.39 Å². The summed E-state index contributed by atoms with van der Waals surface area (Å²) < 4.78 is 14.6. The van der Waals surface area contributed by atoms with Gasteiger partial charge in [-0.25, -0.2) is 4.39 Å². The van der Waals surface area contributed by atoms with E-state index in [4.69, 9.17) is 11.6 Å². The number of aryl methyl sites for hydroxylation is 3. The zero-order valence-corrected chi connectivity index (χ0v) is 9.58. The minimum Gasteiger partial charge on any atom is -0.304 e. The van der Waals surface area contributed by atoms with Crippen molar-refractivity contribution in [1.82, 2.24) is 14.8 Å². The van der Waals surface area contributed by atoms with E-state index in [1.54, 1.807) is 17.0 Å². The zero-order valence-electron chi connectivity index (χ0n) is 8.82. The number of halogens is 2. The molecule has 16 heavy (non-hydrogen) atoms. The lowest BCUT2D eigenvalue weighted by molar-refractivity contribution is 0.623. The van der Waals surface area contributed by atoms with Crippen molar-refractivity contribution in [2.24, 2.45) is 0 Å². The third-order valence-electron chi connectivity index (χ3n) is 2.49. The average molecular weight is 240 g/mol. The van der Waals surface area contributed by atoms with E-state index >= 15 is 0 Å². The van der Waals surface area contributed by atoms with E-state index in [1.807, 2.05) is 6.92 Å². The number of hydrogen-bond acceptors (Lipinski definition) is 2. The number of hydrogen-bond donors (Lipinski definition) is 0. The second-order valence-electron chi connectivity index (χ2n) is 3.61. The maximum atomic E-state index is 12.9. The van der Waals surface area contributed by atoms with Gasteiger partial charge in [-0.05, 0) is 48.2 Å². The molecule has 3 nitrogen and oxygen atoms in total. The lowest BCUT2D eigenvalue weighted by Gasteiger charge is -2.06. The van der Waals surface area contributed by atoms with E-state index < -0.39 is 0 Å². The van der Waals surface area contributed by atoms with Gasteiger partial charge in [0.15, 0.2) is 0 Å². The highest BCUT2D eigenvalue weighted by atomic mass is 35.5. The molecule has 1 heterocycles. The smallest absolute Gasteiger partial charge is 0.224 e. The Bertz CT molecular complexity index is 496. The number of rotatable bonds is 3. The van der Waals surface area contributed by atoms with Crippen LogP contribution in [0.4, 0.5) is 4.39 Å². The first kappa shape index (κ1) is 11.1. The molecule has 2 rings (SSSR count). The summed E-state index contributed by atoms with van der Waals surface area (Å²) >= 11 is 5.80. The zero-order chi connectivity index (χ0) is 11.5. The minimum absolute atomic E-state index is 0.205. The van der Waals surface area contributed by atoms with Gasteiger partial charge in [-0.3, -0.25) is 0 Å². The molecule has 0 N–H and O–H groups in total. The molecule has 0 aliphatic carbocycles. The summed E-state index contributed by atoms with van der Waals surface area (Å²) in [6, 6.07) is 4.79. The quantitative estimate of drug-likeness (QED) is 0.824. The van der Waals surface area contributed by atoms with Crippen molar-refractivity contribution in [2.75, 3.05) is 0 Å². The van der Waals surface area contributed by atoms with Crippen LogP contribution in [0.25, 0.3) is 0 Å². The van der Waals surface area contributed by atoms with E-state index in [9.17, 15) is 4.39 Å². The Kier molecular flexibility index (Phi) is 3.19. The van der Waals surface area contributed by atoms with Crippen molar-refractivity contribution in [2.45, 2.75) is 19.9 Å². The van der Waals surface area contributed by atoms with Gasteiger partial charge in [0.1, 0.15) is 12.1 Å². The molecule has 0 fully saturated rings. The van der Waals surface area contributed by atoms with Crippen molar-refractivity contribution in [1.29, 1.82) is 0 Å².